The number of amides is 1. The highest BCUT2D eigenvalue weighted by molar-refractivity contribution is 6.18. The second-order valence-electron chi connectivity index (χ2n) is 9.03. The van der Waals surface area contributed by atoms with Crippen molar-refractivity contribution in [2.24, 2.45) is 11.8 Å². The highest BCUT2D eigenvalue weighted by Crippen LogP contribution is 2.54. The van der Waals surface area contributed by atoms with Gasteiger partial charge in [-0.05, 0) is 24.5 Å². The van der Waals surface area contributed by atoms with Gasteiger partial charge in [0.2, 0.25) is 11.8 Å². The molecule has 3 heterocycles. The number of hydrogen-bond acceptors (Lipinski definition) is 7. The molecule has 1 amide bonds. The van der Waals surface area contributed by atoms with Crippen LogP contribution in [0, 0.1) is 24.2 Å². The van der Waals surface area contributed by atoms with E-state index in [1.165, 1.54) is 11.7 Å². The molecular weight excluding hydrogens is 438 g/mol. The highest BCUT2D eigenvalue weighted by Gasteiger charge is 2.65. The van der Waals surface area contributed by atoms with Gasteiger partial charge in [-0.25, -0.2) is 0 Å². The van der Waals surface area contributed by atoms with E-state index in [4.69, 9.17) is 19.6 Å². The fraction of sp³-hybridized carbons (Fsp3) is 0.440. The van der Waals surface area contributed by atoms with E-state index in [1.54, 1.807) is 43.2 Å². The van der Waals surface area contributed by atoms with Gasteiger partial charge in [-0.1, -0.05) is 32.0 Å². The first kappa shape index (κ1) is 23.7. The summed E-state index contributed by atoms with van der Waals surface area (Å²) in [5.74, 6) is -2.89. The van der Waals surface area contributed by atoms with Crippen LogP contribution in [-0.4, -0.2) is 49.7 Å². The lowest BCUT2D eigenvalue weighted by Crippen LogP contribution is -2.58. The molecule has 2 aliphatic heterocycles. The standard InChI is InChI=1S/C25H29N3O6/c1-14(2)13-28-17-9-7-6-8-16(17)25(24(28)31)19-18(34-21(26)20(25)23(30)33-5)12-15(3)27(22(19)29)10-11-32-4/h6-9,12,14,20,26H,10-11,13H2,1-5H3. The smallest absolute Gasteiger partial charge is 0.319 e. The Hall–Kier alpha value is -3.46. The Kier molecular flexibility index (Phi) is 6.07. The number of ether oxygens (including phenoxy) is 3. The summed E-state index contributed by atoms with van der Waals surface area (Å²) in [7, 11) is 2.74. The molecular formula is C25H29N3O6. The van der Waals surface area contributed by atoms with Gasteiger partial charge in [0, 0.05) is 37.6 Å². The van der Waals surface area contributed by atoms with Crippen LogP contribution in [0.4, 0.5) is 5.69 Å². The molecule has 2 aliphatic rings. The molecule has 1 aromatic heterocycles. The Balaban J connectivity index is 2.13. The summed E-state index contributed by atoms with van der Waals surface area (Å²) in [4.78, 5) is 43.1. The SMILES string of the molecule is COCCn1c(C)cc2c(c1=O)C1(C(=O)N(CC(C)C)c3ccccc31)C(C(=O)OC)C(=N)O2. The molecule has 0 fully saturated rings. The highest BCUT2D eigenvalue weighted by atomic mass is 16.5. The molecule has 0 bridgehead atoms. The summed E-state index contributed by atoms with van der Waals surface area (Å²) in [5, 5.41) is 8.62. The van der Waals surface area contributed by atoms with Crippen molar-refractivity contribution >= 4 is 23.5 Å². The van der Waals surface area contributed by atoms with Gasteiger partial charge in [0.15, 0.2) is 5.92 Å². The van der Waals surface area contributed by atoms with E-state index < -0.39 is 34.7 Å². The van der Waals surface area contributed by atoms with Crippen LogP contribution in [0.15, 0.2) is 35.1 Å². The van der Waals surface area contributed by atoms with Crippen molar-refractivity contribution < 1.29 is 23.8 Å². The number of fused-ring (bicyclic) bond motifs is 4. The number of carbonyl (C=O) groups excluding carboxylic acids is 2. The molecule has 34 heavy (non-hydrogen) atoms. The van der Waals surface area contributed by atoms with E-state index in [2.05, 4.69) is 0 Å². The zero-order chi connectivity index (χ0) is 24.8. The largest absolute Gasteiger partial charge is 0.468 e. The van der Waals surface area contributed by atoms with E-state index in [0.29, 0.717) is 23.5 Å². The van der Waals surface area contributed by atoms with Crippen LogP contribution in [0.1, 0.15) is 30.7 Å². The zero-order valence-corrected chi connectivity index (χ0v) is 20.0. The second kappa shape index (κ2) is 8.72. The van der Waals surface area contributed by atoms with Gasteiger partial charge >= 0.3 is 5.97 Å². The van der Waals surface area contributed by atoms with Crippen LogP contribution in [0.25, 0.3) is 0 Å². The average molecular weight is 468 g/mol. The molecule has 9 nitrogen and oxygen atoms in total. The number of esters is 1. The maximum absolute atomic E-state index is 14.4. The van der Waals surface area contributed by atoms with Gasteiger partial charge in [-0.2, -0.15) is 0 Å². The van der Waals surface area contributed by atoms with Crippen LogP contribution in [0.2, 0.25) is 0 Å². The summed E-state index contributed by atoms with van der Waals surface area (Å²) in [6, 6.07) is 8.75. The predicted octanol–water partition coefficient (Wildman–Crippen LogP) is 2.25. The predicted molar refractivity (Wildman–Crippen MR) is 126 cm³/mol. The van der Waals surface area contributed by atoms with Gasteiger partial charge in [0.1, 0.15) is 11.2 Å². The molecule has 1 spiro atoms. The Labute approximate surface area is 197 Å². The number of nitrogens with zero attached hydrogens (tertiary/aromatic N) is 2. The number of aromatic nitrogens is 1. The molecule has 2 unspecified atom stereocenters. The number of nitrogens with one attached hydrogen (secondary N) is 1. The van der Waals surface area contributed by atoms with Crippen molar-refractivity contribution in [2.45, 2.75) is 32.7 Å². The molecule has 0 aliphatic carbocycles. The summed E-state index contributed by atoms with van der Waals surface area (Å²) in [6.45, 7) is 6.65. The average Bonchev–Trinajstić information content (AvgIpc) is 3.01. The Morgan fingerprint density at radius 3 is 2.59 bits per heavy atom. The van der Waals surface area contributed by atoms with Crippen LogP contribution in [-0.2, 0) is 31.0 Å². The number of anilines is 1. The van der Waals surface area contributed by atoms with E-state index in [9.17, 15) is 14.4 Å². The number of para-hydroxylation sites is 1. The van der Waals surface area contributed by atoms with Crippen LogP contribution >= 0.6 is 0 Å². The van der Waals surface area contributed by atoms with Crippen molar-refractivity contribution in [2.75, 3.05) is 32.3 Å². The number of benzene rings is 1. The maximum Gasteiger partial charge on any atom is 0.319 e. The monoisotopic (exact) mass is 467 g/mol. The van der Waals surface area contributed by atoms with Gasteiger partial charge in [-0.3, -0.25) is 19.8 Å². The fourth-order valence-corrected chi connectivity index (χ4v) is 5.11. The topological polar surface area (TPSA) is 111 Å². The second-order valence-corrected chi connectivity index (χ2v) is 9.03. The Morgan fingerprint density at radius 1 is 1.24 bits per heavy atom. The fourth-order valence-electron chi connectivity index (χ4n) is 5.11. The third-order valence-corrected chi connectivity index (χ3v) is 6.49. The van der Waals surface area contributed by atoms with Crippen molar-refractivity contribution in [1.29, 1.82) is 5.41 Å². The minimum Gasteiger partial charge on any atom is -0.468 e. The Bertz CT molecular complexity index is 1230. The van der Waals surface area contributed by atoms with Crippen LogP contribution in [0.5, 0.6) is 5.75 Å². The first-order valence-corrected chi connectivity index (χ1v) is 11.2. The van der Waals surface area contributed by atoms with Crippen molar-refractivity contribution in [3.05, 3.63) is 57.5 Å². The zero-order valence-electron chi connectivity index (χ0n) is 20.0. The molecule has 4 rings (SSSR count). The summed E-state index contributed by atoms with van der Waals surface area (Å²) >= 11 is 0. The number of hydrogen-bond donors (Lipinski definition) is 1. The minimum atomic E-state index is -1.77. The summed E-state index contributed by atoms with van der Waals surface area (Å²) in [5.41, 5.74) is -0.489. The lowest BCUT2D eigenvalue weighted by molar-refractivity contribution is -0.147. The van der Waals surface area contributed by atoms with Crippen LogP contribution in [0.3, 0.4) is 0 Å². The molecule has 1 N–H and O–H groups in total. The third kappa shape index (κ3) is 3.26. The number of carbonyl (C=O) groups is 2. The van der Waals surface area contributed by atoms with Gasteiger partial charge in [-0.15, -0.1) is 0 Å². The lowest BCUT2D eigenvalue weighted by Gasteiger charge is -2.39. The number of pyridine rings is 1. The van der Waals surface area contributed by atoms with E-state index in [0.717, 1.165) is 0 Å². The quantitative estimate of drug-likeness (QED) is 0.653. The molecule has 180 valence electrons. The number of methoxy groups -OCH3 is 2. The molecule has 1 aromatic carbocycles. The van der Waals surface area contributed by atoms with E-state index in [1.807, 2.05) is 19.9 Å². The van der Waals surface area contributed by atoms with Crippen molar-refractivity contribution in [1.82, 2.24) is 4.57 Å². The number of rotatable bonds is 6. The molecule has 0 saturated carbocycles. The normalized spacial score (nSPS) is 21.0. The van der Waals surface area contributed by atoms with E-state index in [-0.39, 0.29) is 30.4 Å². The molecule has 0 saturated heterocycles. The van der Waals surface area contributed by atoms with Gasteiger partial charge in [0.25, 0.3) is 5.56 Å². The maximum atomic E-state index is 14.4. The van der Waals surface area contributed by atoms with Gasteiger partial charge < -0.3 is 23.7 Å². The minimum absolute atomic E-state index is 0.0457. The summed E-state index contributed by atoms with van der Waals surface area (Å²) in [6.07, 6.45) is 0. The van der Waals surface area contributed by atoms with Crippen LogP contribution < -0.4 is 15.2 Å². The van der Waals surface area contributed by atoms with Crippen molar-refractivity contribution in [3.8, 4) is 5.75 Å². The molecule has 2 atom stereocenters. The third-order valence-electron chi connectivity index (χ3n) is 6.49. The number of aryl methyl sites for hydroxylation is 1. The first-order chi connectivity index (χ1) is 16.2. The first-order valence-electron chi connectivity index (χ1n) is 11.2. The van der Waals surface area contributed by atoms with Crippen molar-refractivity contribution in [3.63, 3.8) is 0 Å². The molecule has 0 radical (unpaired) electrons. The molecule has 9 heteroatoms. The lowest BCUT2D eigenvalue weighted by atomic mass is 9.64. The van der Waals surface area contributed by atoms with Gasteiger partial charge in [0.05, 0.1) is 19.3 Å². The van der Waals surface area contributed by atoms with E-state index >= 15 is 0 Å². The molecule has 2 aromatic rings. The Morgan fingerprint density at radius 2 is 1.94 bits per heavy atom. The summed E-state index contributed by atoms with van der Waals surface area (Å²) < 4.78 is 17.4.